The van der Waals surface area contributed by atoms with E-state index in [9.17, 15) is 5.11 Å². The van der Waals surface area contributed by atoms with Crippen LogP contribution >= 0.6 is 0 Å². The van der Waals surface area contributed by atoms with Gasteiger partial charge in [-0.2, -0.15) is 0 Å². The minimum Gasteiger partial charge on any atom is -0.392 e. The highest BCUT2D eigenvalue weighted by Crippen LogP contribution is 2.05. The fraction of sp³-hybridized carbons (Fsp3) is 1.00. The third kappa shape index (κ3) is 5.56. The van der Waals surface area contributed by atoms with Crippen LogP contribution in [0.2, 0.25) is 0 Å². The van der Waals surface area contributed by atoms with Crippen LogP contribution in [0.4, 0.5) is 0 Å². The Hall–Kier alpha value is -0.0800. The maximum absolute atomic E-state index is 9.57. The van der Waals surface area contributed by atoms with E-state index in [0.717, 1.165) is 19.5 Å². The Morgan fingerprint density at radius 2 is 1.75 bits per heavy atom. The maximum atomic E-state index is 9.57. The Bertz CT molecular complexity index is 104. The molecule has 12 heavy (non-hydrogen) atoms. The van der Waals surface area contributed by atoms with Crippen molar-refractivity contribution in [3.8, 4) is 0 Å². The van der Waals surface area contributed by atoms with Gasteiger partial charge in [0.2, 0.25) is 0 Å². The zero-order chi connectivity index (χ0) is 9.56. The molecule has 0 aromatic heterocycles. The summed E-state index contributed by atoms with van der Waals surface area (Å²) in [6, 6.07) is 0. The standard InChI is InChI=1S/C10H23NO/c1-5-9(4)10(12)7-11-6-8(2)3/h8-12H,5-7H2,1-4H3. The van der Waals surface area contributed by atoms with Gasteiger partial charge in [-0.25, -0.2) is 0 Å². The van der Waals surface area contributed by atoms with Gasteiger partial charge in [-0.1, -0.05) is 34.1 Å². The molecule has 2 atom stereocenters. The van der Waals surface area contributed by atoms with E-state index in [1.165, 1.54) is 0 Å². The summed E-state index contributed by atoms with van der Waals surface area (Å²) in [4.78, 5) is 0. The molecular weight excluding hydrogens is 150 g/mol. The summed E-state index contributed by atoms with van der Waals surface area (Å²) in [5.41, 5.74) is 0. The molecule has 0 radical (unpaired) electrons. The van der Waals surface area contributed by atoms with E-state index in [2.05, 4.69) is 33.0 Å². The normalized spacial score (nSPS) is 16.5. The SMILES string of the molecule is CCC(C)C(O)CNCC(C)C. The minimum absolute atomic E-state index is 0.186. The lowest BCUT2D eigenvalue weighted by molar-refractivity contribution is 0.112. The van der Waals surface area contributed by atoms with Crippen LogP contribution < -0.4 is 5.32 Å². The number of aliphatic hydroxyl groups excluding tert-OH is 1. The second kappa shape index (κ2) is 6.44. The van der Waals surface area contributed by atoms with Gasteiger partial charge in [-0.15, -0.1) is 0 Å². The van der Waals surface area contributed by atoms with Crippen molar-refractivity contribution in [3.63, 3.8) is 0 Å². The van der Waals surface area contributed by atoms with Crippen LogP contribution in [0.3, 0.4) is 0 Å². The fourth-order valence-electron chi connectivity index (χ4n) is 0.993. The van der Waals surface area contributed by atoms with Gasteiger partial charge < -0.3 is 10.4 Å². The zero-order valence-corrected chi connectivity index (χ0v) is 8.80. The third-order valence-corrected chi connectivity index (χ3v) is 2.21. The molecule has 74 valence electrons. The molecule has 0 aromatic carbocycles. The first kappa shape index (κ1) is 11.9. The second-order valence-corrected chi connectivity index (χ2v) is 4.00. The lowest BCUT2D eigenvalue weighted by atomic mass is 10.0. The maximum Gasteiger partial charge on any atom is 0.0689 e. The van der Waals surface area contributed by atoms with Crippen LogP contribution in [0.15, 0.2) is 0 Å². The predicted molar refractivity (Wildman–Crippen MR) is 53.2 cm³/mol. The van der Waals surface area contributed by atoms with Crippen molar-refractivity contribution in [2.24, 2.45) is 11.8 Å². The van der Waals surface area contributed by atoms with Gasteiger partial charge in [0.05, 0.1) is 6.10 Å². The number of hydrogen-bond acceptors (Lipinski definition) is 2. The largest absolute Gasteiger partial charge is 0.392 e. The van der Waals surface area contributed by atoms with Crippen molar-refractivity contribution >= 4 is 0 Å². The molecule has 0 aromatic rings. The molecule has 0 heterocycles. The second-order valence-electron chi connectivity index (χ2n) is 4.00. The molecule has 0 aliphatic carbocycles. The quantitative estimate of drug-likeness (QED) is 0.640. The summed E-state index contributed by atoms with van der Waals surface area (Å²) < 4.78 is 0. The molecule has 2 N–H and O–H groups in total. The lowest BCUT2D eigenvalue weighted by Gasteiger charge is -2.18. The lowest BCUT2D eigenvalue weighted by Crippen LogP contribution is -2.33. The molecule has 0 rings (SSSR count). The van der Waals surface area contributed by atoms with Crippen molar-refractivity contribution in [1.29, 1.82) is 0 Å². The van der Waals surface area contributed by atoms with E-state index in [4.69, 9.17) is 0 Å². The minimum atomic E-state index is -0.186. The summed E-state index contributed by atoms with van der Waals surface area (Å²) in [6.45, 7) is 10.3. The van der Waals surface area contributed by atoms with Gasteiger partial charge in [-0.3, -0.25) is 0 Å². The summed E-state index contributed by atoms with van der Waals surface area (Å²) in [5.74, 6) is 1.07. The van der Waals surface area contributed by atoms with E-state index in [1.54, 1.807) is 0 Å². The van der Waals surface area contributed by atoms with Crippen molar-refractivity contribution in [1.82, 2.24) is 5.32 Å². The van der Waals surface area contributed by atoms with Gasteiger partial charge in [0.25, 0.3) is 0 Å². The predicted octanol–water partition coefficient (Wildman–Crippen LogP) is 1.64. The van der Waals surface area contributed by atoms with Gasteiger partial charge in [0.1, 0.15) is 0 Å². The monoisotopic (exact) mass is 173 g/mol. The average Bonchev–Trinajstić information content (AvgIpc) is 2.02. The van der Waals surface area contributed by atoms with Crippen LogP contribution in [0.25, 0.3) is 0 Å². The Kier molecular flexibility index (Phi) is 6.39. The molecule has 2 heteroatoms. The highest BCUT2D eigenvalue weighted by Gasteiger charge is 2.10. The summed E-state index contributed by atoms with van der Waals surface area (Å²) in [7, 11) is 0. The highest BCUT2D eigenvalue weighted by atomic mass is 16.3. The Balaban J connectivity index is 3.37. The summed E-state index contributed by atoms with van der Waals surface area (Å²) >= 11 is 0. The number of rotatable bonds is 6. The van der Waals surface area contributed by atoms with Crippen molar-refractivity contribution in [3.05, 3.63) is 0 Å². The van der Waals surface area contributed by atoms with Gasteiger partial charge in [0, 0.05) is 6.54 Å². The molecule has 0 saturated heterocycles. The molecule has 0 aliphatic rings. The third-order valence-electron chi connectivity index (χ3n) is 2.21. The topological polar surface area (TPSA) is 32.3 Å². The molecule has 0 fully saturated rings. The van der Waals surface area contributed by atoms with Gasteiger partial charge in [0.15, 0.2) is 0 Å². The number of hydrogen-bond donors (Lipinski definition) is 2. The molecule has 2 nitrogen and oxygen atoms in total. The first-order chi connectivity index (χ1) is 5.57. The van der Waals surface area contributed by atoms with Crippen molar-refractivity contribution in [2.45, 2.75) is 40.2 Å². The Labute approximate surface area is 76.4 Å². The van der Waals surface area contributed by atoms with E-state index >= 15 is 0 Å². The van der Waals surface area contributed by atoms with E-state index in [-0.39, 0.29) is 6.10 Å². The van der Waals surface area contributed by atoms with Crippen LogP contribution in [-0.4, -0.2) is 24.3 Å². The zero-order valence-electron chi connectivity index (χ0n) is 8.80. The molecular formula is C10H23NO. The molecule has 0 aliphatic heterocycles. The van der Waals surface area contributed by atoms with Gasteiger partial charge >= 0.3 is 0 Å². The Morgan fingerprint density at radius 3 is 2.17 bits per heavy atom. The molecule has 0 amide bonds. The van der Waals surface area contributed by atoms with Crippen LogP contribution in [0.1, 0.15) is 34.1 Å². The van der Waals surface area contributed by atoms with Crippen molar-refractivity contribution < 1.29 is 5.11 Å². The molecule has 0 spiro atoms. The number of aliphatic hydroxyl groups is 1. The van der Waals surface area contributed by atoms with Crippen LogP contribution in [0.5, 0.6) is 0 Å². The molecule has 0 bridgehead atoms. The van der Waals surface area contributed by atoms with Crippen LogP contribution in [-0.2, 0) is 0 Å². The molecule has 0 saturated carbocycles. The van der Waals surface area contributed by atoms with Crippen LogP contribution in [0, 0.1) is 11.8 Å². The first-order valence-corrected chi connectivity index (χ1v) is 4.96. The fourth-order valence-corrected chi connectivity index (χ4v) is 0.993. The van der Waals surface area contributed by atoms with Crippen molar-refractivity contribution in [2.75, 3.05) is 13.1 Å². The average molecular weight is 173 g/mol. The number of nitrogens with one attached hydrogen (secondary N) is 1. The summed E-state index contributed by atoms with van der Waals surface area (Å²) in [6.07, 6.45) is 0.860. The summed E-state index contributed by atoms with van der Waals surface area (Å²) in [5, 5.41) is 12.8. The van der Waals surface area contributed by atoms with Gasteiger partial charge in [-0.05, 0) is 18.4 Å². The van der Waals surface area contributed by atoms with E-state index in [0.29, 0.717) is 11.8 Å². The van der Waals surface area contributed by atoms with E-state index in [1.807, 2.05) is 0 Å². The molecule has 2 unspecified atom stereocenters. The van der Waals surface area contributed by atoms with E-state index < -0.39 is 0 Å². The Morgan fingerprint density at radius 1 is 1.17 bits per heavy atom. The highest BCUT2D eigenvalue weighted by molar-refractivity contribution is 4.66. The smallest absolute Gasteiger partial charge is 0.0689 e. The first-order valence-electron chi connectivity index (χ1n) is 4.96.